The number of carbonyl (C=O) groups is 3. The first-order chi connectivity index (χ1) is 13.5. The number of imide groups is 1. The van der Waals surface area contributed by atoms with Gasteiger partial charge in [-0.1, -0.05) is 13.0 Å². The summed E-state index contributed by atoms with van der Waals surface area (Å²) in [6.45, 7) is 2.06. The van der Waals surface area contributed by atoms with Crippen molar-refractivity contribution >= 4 is 46.0 Å². The van der Waals surface area contributed by atoms with Gasteiger partial charge < -0.3 is 10.1 Å². The Labute approximate surface area is 172 Å². The van der Waals surface area contributed by atoms with Gasteiger partial charge in [0.2, 0.25) is 0 Å². The van der Waals surface area contributed by atoms with Crippen LogP contribution in [0.3, 0.4) is 0 Å². The van der Waals surface area contributed by atoms with Crippen molar-refractivity contribution in [3.05, 3.63) is 45.8 Å². The molecule has 28 heavy (non-hydrogen) atoms. The molecule has 0 fully saturated rings. The molecule has 0 spiro atoms. The van der Waals surface area contributed by atoms with Gasteiger partial charge in [-0.05, 0) is 55.2 Å². The quantitative estimate of drug-likeness (QED) is 0.699. The molecule has 3 rings (SSSR count). The smallest absolute Gasteiger partial charge is 0.413 e. The zero-order chi connectivity index (χ0) is 20.1. The number of carbonyl (C=O) groups excluding carboxylic acids is 3. The molecule has 1 aliphatic carbocycles. The number of rotatable bonds is 5. The number of fused-ring (bicyclic) bond motifs is 1. The van der Waals surface area contributed by atoms with Gasteiger partial charge in [0.05, 0.1) is 12.7 Å². The highest BCUT2D eigenvalue weighted by Crippen LogP contribution is 2.38. The lowest BCUT2D eigenvalue weighted by Crippen LogP contribution is -2.31. The number of aryl methyl sites for hydroxylation is 1. The van der Waals surface area contributed by atoms with E-state index >= 15 is 0 Å². The fourth-order valence-corrected chi connectivity index (χ4v) is 5.17. The number of benzene rings is 1. The molecular weight excluding hydrogens is 396 g/mol. The second-order valence-corrected chi connectivity index (χ2v) is 8.72. The first-order valence-corrected chi connectivity index (χ1v) is 10.9. The second-order valence-electron chi connectivity index (χ2n) is 6.28. The minimum atomic E-state index is -0.817. The number of thioether (sulfide) groups is 1. The van der Waals surface area contributed by atoms with E-state index in [2.05, 4.69) is 22.3 Å². The molecule has 0 bridgehead atoms. The van der Waals surface area contributed by atoms with Gasteiger partial charge in [-0.25, -0.2) is 4.79 Å². The van der Waals surface area contributed by atoms with Crippen LogP contribution >= 0.6 is 23.1 Å². The monoisotopic (exact) mass is 418 g/mol. The number of amides is 3. The Balaban J connectivity index is 1.89. The maximum Gasteiger partial charge on any atom is 0.413 e. The van der Waals surface area contributed by atoms with Crippen LogP contribution in [0, 0.1) is 0 Å². The van der Waals surface area contributed by atoms with E-state index in [4.69, 9.17) is 0 Å². The fraction of sp³-hybridized carbons (Fsp3) is 0.350. The lowest BCUT2D eigenvalue weighted by molar-refractivity contribution is 0.0937. The normalized spacial score (nSPS) is 12.8. The topological polar surface area (TPSA) is 84.5 Å². The van der Waals surface area contributed by atoms with E-state index in [1.165, 1.54) is 18.4 Å². The second kappa shape index (κ2) is 9.25. The van der Waals surface area contributed by atoms with Gasteiger partial charge in [-0.3, -0.25) is 14.9 Å². The SMILES string of the molecule is CCSc1cccc(C(=O)Nc2sc3c(c2C(=O)NC(=O)OC)CCCC3)c1. The van der Waals surface area contributed by atoms with Gasteiger partial charge in [-0.2, -0.15) is 0 Å². The predicted molar refractivity (Wildman–Crippen MR) is 112 cm³/mol. The summed E-state index contributed by atoms with van der Waals surface area (Å²) < 4.78 is 4.53. The molecule has 2 aromatic rings. The minimum absolute atomic E-state index is 0.274. The van der Waals surface area contributed by atoms with Crippen molar-refractivity contribution in [2.24, 2.45) is 0 Å². The Kier molecular flexibility index (Phi) is 6.74. The Morgan fingerprint density at radius 2 is 1.96 bits per heavy atom. The maximum absolute atomic E-state index is 12.8. The summed E-state index contributed by atoms with van der Waals surface area (Å²) in [6.07, 6.45) is 2.84. The molecule has 0 saturated carbocycles. The Morgan fingerprint density at radius 3 is 2.71 bits per heavy atom. The molecule has 3 amide bonds. The summed E-state index contributed by atoms with van der Waals surface area (Å²) in [5, 5.41) is 5.57. The first kappa shape index (κ1) is 20.4. The molecule has 0 unspecified atom stereocenters. The third-order valence-corrected chi connectivity index (χ3v) is 6.52. The van der Waals surface area contributed by atoms with E-state index in [1.54, 1.807) is 17.8 Å². The van der Waals surface area contributed by atoms with Gasteiger partial charge in [0, 0.05) is 15.3 Å². The summed E-state index contributed by atoms with van der Waals surface area (Å²) in [5.41, 5.74) is 1.82. The van der Waals surface area contributed by atoms with Crippen molar-refractivity contribution in [1.29, 1.82) is 0 Å². The van der Waals surface area contributed by atoms with Crippen molar-refractivity contribution in [1.82, 2.24) is 5.32 Å². The highest BCUT2D eigenvalue weighted by molar-refractivity contribution is 7.99. The summed E-state index contributed by atoms with van der Waals surface area (Å²) in [5.74, 6) is 0.0988. The third kappa shape index (κ3) is 4.56. The van der Waals surface area contributed by atoms with E-state index in [-0.39, 0.29) is 5.91 Å². The number of hydrogen-bond acceptors (Lipinski definition) is 6. The summed E-state index contributed by atoms with van der Waals surface area (Å²) >= 11 is 3.07. The van der Waals surface area contributed by atoms with Crippen LogP contribution in [0.4, 0.5) is 9.80 Å². The molecule has 148 valence electrons. The minimum Gasteiger partial charge on any atom is -0.453 e. The van der Waals surface area contributed by atoms with E-state index < -0.39 is 12.0 Å². The number of alkyl carbamates (subject to hydrolysis) is 1. The van der Waals surface area contributed by atoms with Crippen LogP contribution in [0.2, 0.25) is 0 Å². The van der Waals surface area contributed by atoms with E-state index in [0.29, 0.717) is 16.1 Å². The van der Waals surface area contributed by atoms with Crippen molar-refractivity contribution in [2.45, 2.75) is 37.5 Å². The highest BCUT2D eigenvalue weighted by atomic mass is 32.2. The van der Waals surface area contributed by atoms with Crippen molar-refractivity contribution < 1.29 is 19.1 Å². The molecule has 2 N–H and O–H groups in total. The van der Waals surface area contributed by atoms with Crippen LogP contribution in [-0.2, 0) is 17.6 Å². The first-order valence-electron chi connectivity index (χ1n) is 9.11. The van der Waals surface area contributed by atoms with E-state index in [9.17, 15) is 14.4 Å². The predicted octanol–water partition coefficient (Wildman–Crippen LogP) is 4.49. The van der Waals surface area contributed by atoms with Crippen LogP contribution in [0.25, 0.3) is 0 Å². The standard InChI is InChI=1S/C20H22N2O4S2/c1-3-27-13-8-6-7-12(11-13)17(23)21-19-16(18(24)22-20(25)26-2)14-9-4-5-10-15(14)28-19/h6-8,11H,3-5,9-10H2,1-2H3,(H,21,23)(H,22,24,25). The Hall–Kier alpha value is -2.32. The molecule has 1 aliphatic rings. The molecule has 1 heterocycles. The zero-order valence-corrected chi connectivity index (χ0v) is 17.4. The van der Waals surface area contributed by atoms with Gasteiger partial charge in [0.1, 0.15) is 5.00 Å². The molecule has 1 aromatic heterocycles. The van der Waals surface area contributed by atoms with Gasteiger partial charge in [-0.15, -0.1) is 23.1 Å². The lowest BCUT2D eigenvalue weighted by atomic mass is 9.95. The molecule has 1 aromatic carbocycles. The van der Waals surface area contributed by atoms with Gasteiger partial charge >= 0.3 is 6.09 Å². The van der Waals surface area contributed by atoms with Crippen molar-refractivity contribution in [2.75, 3.05) is 18.2 Å². The largest absolute Gasteiger partial charge is 0.453 e. The van der Waals surface area contributed by atoms with E-state index in [0.717, 1.165) is 46.8 Å². The van der Waals surface area contributed by atoms with Crippen LogP contribution < -0.4 is 10.6 Å². The fourth-order valence-electron chi connectivity index (χ4n) is 3.17. The summed E-state index contributed by atoms with van der Waals surface area (Å²) in [4.78, 5) is 39.1. The van der Waals surface area contributed by atoms with Crippen molar-refractivity contribution in [3.63, 3.8) is 0 Å². The number of ether oxygens (including phenoxy) is 1. The maximum atomic E-state index is 12.8. The molecule has 0 atom stereocenters. The molecule has 0 saturated heterocycles. The number of methoxy groups -OCH3 is 1. The number of nitrogens with one attached hydrogen (secondary N) is 2. The summed E-state index contributed by atoms with van der Waals surface area (Å²) in [7, 11) is 1.20. The number of thiophene rings is 1. The highest BCUT2D eigenvalue weighted by Gasteiger charge is 2.27. The van der Waals surface area contributed by atoms with Crippen LogP contribution in [-0.4, -0.2) is 30.8 Å². The third-order valence-electron chi connectivity index (χ3n) is 4.43. The zero-order valence-electron chi connectivity index (χ0n) is 15.8. The average molecular weight is 419 g/mol. The van der Waals surface area contributed by atoms with E-state index in [1.807, 2.05) is 18.2 Å². The molecule has 0 aliphatic heterocycles. The van der Waals surface area contributed by atoms with Crippen LogP contribution in [0.5, 0.6) is 0 Å². The average Bonchev–Trinajstić information content (AvgIpc) is 3.06. The molecule has 0 radical (unpaired) electrons. The number of hydrogen-bond donors (Lipinski definition) is 2. The van der Waals surface area contributed by atoms with Gasteiger partial charge in [0.25, 0.3) is 11.8 Å². The van der Waals surface area contributed by atoms with Crippen LogP contribution in [0.15, 0.2) is 29.2 Å². The summed E-state index contributed by atoms with van der Waals surface area (Å²) in [6, 6.07) is 7.39. The van der Waals surface area contributed by atoms with Gasteiger partial charge in [0.15, 0.2) is 0 Å². The molecule has 8 heteroatoms. The Morgan fingerprint density at radius 1 is 1.18 bits per heavy atom. The van der Waals surface area contributed by atoms with Crippen molar-refractivity contribution in [3.8, 4) is 0 Å². The number of anilines is 1. The molecular formula is C20H22N2O4S2. The lowest BCUT2D eigenvalue weighted by Gasteiger charge is -2.12. The molecule has 6 nitrogen and oxygen atoms in total. The van der Waals surface area contributed by atoms with Crippen LogP contribution in [0.1, 0.15) is 50.9 Å². The Bertz CT molecular complexity index is 908.